The molecule has 0 heterocycles. The summed E-state index contributed by atoms with van der Waals surface area (Å²) in [5.41, 5.74) is 0. The molecule has 0 saturated carbocycles. The molecule has 0 saturated heterocycles. The summed E-state index contributed by atoms with van der Waals surface area (Å²) in [6.45, 7) is 14.5. The largest absolute Gasteiger partial charge is 0.417 e. The first-order valence-electron chi connectivity index (χ1n) is 4.97. The quantitative estimate of drug-likeness (QED) is 0.600. The molecule has 0 aromatic rings. The second-order valence-electron chi connectivity index (χ2n) is 5.06. The fourth-order valence-corrected chi connectivity index (χ4v) is 4.30. The Morgan fingerprint density at radius 1 is 1.00 bits per heavy atom. The third kappa shape index (κ3) is 6.86. The van der Waals surface area contributed by atoms with Gasteiger partial charge in [0.05, 0.1) is 0 Å². The Labute approximate surface area is 78.6 Å². The van der Waals surface area contributed by atoms with Gasteiger partial charge in [0.1, 0.15) is 0 Å². The molecule has 1 nitrogen and oxygen atoms in total. The fourth-order valence-electron chi connectivity index (χ4n) is 1.43. The molecule has 0 fully saturated rings. The highest BCUT2D eigenvalue weighted by atomic mass is 28.4. The second-order valence-corrected chi connectivity index (χ2v) is 9.28. The Morgan fingerprint density at radius 2 is 1.50 bits per heavy atom. The first kappa shape index (κ1) is 12.2. The molecule has 0 aliphatic rings. The normalized spacial score (nSPS) is 13.0. The van der Waals surface area contributed by atoms with Crippen molar-refractivity contribution in [3.63, 3.8) is 0 Å². The summed E-state index contributed by atoms with van der Waals surface area (Å²) < 4.78 is 5.94. The minimum absolute atomic E-state index is 0.670. The standard InChI is InChI=1S/C10H24OSi/c1-9(2)7-11-12(5,6)8-10(3)4/h9-10H,7-8H2,1-6H3. The third-order valence-corrected chi connectivity index (χ3v) is 4.46. The SMILES string of the molecule is CC(C)CO[Si](C)(C)CC(C)C. The zero-order valence-corrected chi connectivity index (χ0v) is 10.5. The fraction of sp³-hybridized carbons (Fsp3) is 1.00. The summed E-state index contributed by atoms with van der Waals surface area (Å²) in [6.07, 6.45) is 0. The molecule has 0 atom stereocenters. The lowest BCUT2D eigenvalue weighted by molar-refractivity contribution is 0.258. The van der Waals surface area contributed by atoms with Crippen LogP contribution in [0.5, 0.6) is 0 Å². The molecule has 0 rings (SSSR count). The highest BCUT2D eigenvalue weighted by Gasteiger charge is 2.23. The minimum atomic E-state index is -1.33. The molecule has 74 valence electrons. The molecule has 0 bridgehead atoms. The molecular formula is C10H24OSi. The van der Waals surface area contributed by atoms with E-state index in [1.807, 2.05) is 0 Å². The van der Waals surface area contributed by atoms with E-state index in [4.69, 9.17) is 4.43 Å². The highest BCUT2D eigenvalue weighted by molar-refractivity contribution is 6.71. The number of hydrogen-bond acceptors (Lipinski definition) is 1. The van der Waals surface area contributed by atoms with Gasteiger partial charge in [0.15, 0.2) is 8.32 Å². The molecule has 0 aliphatic heterocycles. The van der Waals surface area contributed by atoms with Crippen LogP contribution >= 0.6 is 0 Å². The van der Waals surface area contributed by atoms with E-state index < -0.39 is 8.32 Å². The van der Waals surface area contributed by atoms with Crippen LogP contribution in [-0.2, 0) is 4.43 Å². The predicted octanol–water partition coefficient (Wildman–Crippen LogP) is 3.52. The topological polar surface area (TPSA) is 9.23 Å². The van der Waals surface area contributed by atoms with E-state index in [0.717, 1.165) is 12.5 Å². The van der Waals surface area contributed by atoms with Crippen molar-refractivity contribution in [1.82, 2.24) is 0 Å². The first-order chi connectivity index (χ1) is 5.33. The smallest absolute Gasteiger partial charge is 0.186 e. The van der Waals surface area contributed by atoms with E-state index >= 15 is 0 Å². The van der Waals surface area contributed by atoms with Gasteiger partial charge in [-0.25, -0.2) is 0 Å². The molecule has 0 aromatic carbocycles. The Kier molecular flexibility index (Phi) is 5.10. The summed E-state index contributed by atoms with van der Waals surface area (Å²) in [6, 6.07) is 1.28. The average molecular weight is 188 g/mol. The van der Waals surface area contributed by atoms with Gasteiger partial charge in [-0.1, -0.05) is 27.7 Å². The van der Waals surface area contributed by atoms with Crippen molar-refractivity contribution in [2.24, 2.45) is 11.8 Å². The molecule has 0 aromatic heterocycles. The number of rotatable bonds is 5. The Morgan fingerprint density at radius 3 is 1.83 bits per heavy atom. The first-order valence-corrected chi connectivity index (χ1v) is 8.09. The van der Waals surface area contributed by atoms with Crippen molar-refractivity contribution >= 4 is 8.32 Å². The van der Waals surface area contributed by atoms with Gasteiger partial charge < -0.3 is 4.43 Å². The molecular weight excluding hydrogens is 164 g/mol. The van der Waals surface area contributed by atoms with Crippen LogP contribution in [0.15, 0.2) is 0 Å². The van der Waals surface area contributed by atoms with Crippen LogP contribution in [-0.4, -0.2) is 14.9 Å². The lowest BCUT2D eigenvalue weighted by atomic mass is 10.2. The van der Waals surface area contributed by atoms with Gasteiger partial charge >= 0.3 is 0 Å². The summed E-state index contributed by atoms with van der Waals surface area (Å²) in [5, 5.41) is 0. The van der Waals surface area contributed by atoms with Gasteiger partial charge in [0, 0.05) is 6.61 Å². The zero-order chi connectivity index (χ0) is 9.78. The molecule has 0 N–H and O–H groups in total. The van der Waals surface area contributed by atoms with Crippen LogP contribution in [0.25, 0.3) is 0 Å². The van der Waals surface area contributed by atoms with Gasteiger partial charge in [0.2, 0.25) is 0 Å². The lowest BCUT2D eigenvalue weighted by Gasteiger charge is -2.25. The third-order valence-electron chi connectivity index (χ3n) is 1.71. The molecule has 0 spiro atoms. The van der Waals surface area contributed by atoms with E-state index in [1.165, 1.54) is 6.04 Å². The van der Waals surface area contributed by atoms with Crippen molar-refractivity contribution in [3.8, 4) is 0 Å². The maximum absolute atomic E-state index is 5.94. The molecule has 0 aliphatic carbocycles. The van der Waals surface area contributed by atoms with Crippen molar-refractivity contribution in [3.05, 3.63) is 0 Å². The highest BCUT2D eigenvalue weighted by Crippen LogP contribution is 2.18. The second kappa shape index (κ2) is 5.03. The summed E-state index contributed by atoms with van der Waals surface area (Å²) >= 11 is 0. The van der Waals surface area contributed by atoms with Crippen LogP contribution in [0.4, 0.5) is 0 Å². The van der Waals surface area contributed by atoms with Crippen LogP contribution < -0.4 is 0 Å². The van der Waals surface area contributed by atoms with Crippen LogP contribution in [0.1, 0.15) is 27.7 Å². The predicted molar refractivity (Wildman–Crippen MR) is 57.9 cm³/mol. The monoisotopic (exact) mass is 188 g/mol. The van der Waals surface area contributed by atoms with Crippen LogP contribution in [0.3, 0.4) is 0 Å². The molecule has 0 unspecified atom stereocenters. The molecule has 2 heteroatoms. The zero-order valence-electron chi connectivity index (χ0n) is 9.48. The van der Waals surface area contributed by atoms with Gasteiger partial charge in [-0.3, -0.25) is 0 Å². The minimum Gasteiger partial charge on any atom is -0.417 e. The van der Waals surface area contributed by atoms with Gasteiger partial charge in [-0.15, -0.1) is 0 Å². The van der Waals surface area contributed by atoms with Crippen molar-refractivity contribution < 1.29 is 4.43 Å². The van der Waals surface area contributed by atoms with Gasteiger partial charge in [-0.05, 0) is 31.0 Å². The lowest BCUT2D eigenvalue weighted by Crippen LogP contribution is -2.33. The molecule has 0 radical (unpaired) electrons. The summed E-state index contributed by atoms with van der Waals surface area (Å²) in [5.74, 6) is 1.45. The van der Waals surface area contributed by atoms with Gasteiger partial charge in [0.25, 0.3) is 0 Å². The van der Waals surface area contributed by atoms with Gasteiger partial charge in [-0.2, -0.15) is 0 Å². The molecule has 0 amide bonds. The van der Waals surface area contributed by atoms with E-state index in [2.05, 4.69) is 40.8 Å². The number of hydrogen-bond donors (Lipinski definition) is 0. The Balaban J connectivity index is 3.71. The van der Waals surface area contributed by atoms with Crippen molar-refractivity contribution in [1.29, 1.82) is 0 Å². The maximum Gasteiger partial charge on any atom is 0.186 e. The molecule has 12 heavy (non-hydrogen) atoms. The Bertz CT molecular complexity index is 119. The Hall–Kier alpha value is 0.177. The van der Waals surface area contributed by atoms with Crippen LogP contribution in [0, 0.1) is 11.8 Å². The van der Waals surface area contributed by atoms with E-state index in [1.54, 1.807) is 0 Å². The van der Waals surface area contributed by atoms with E-state index in [-0.39, 0.29) is 0 Å². The summed E-state index contributed by atoms with van der Waals surface area (Å²) in [7, 11) is -1.33. The van der Waals surface area contributed by atoms with Crippen molar-refractivity contribution in [2.75, 3.05) is 6.61 Å². The maximum atomic E-state index is 5.94. The van der Waals surface area contributed by atoms with Crippen molar-refractivity contribution in [2.45, 2.75) is 46.8 Å². The summed E-state index contributed by atoms with van der Waals surface area (Å²) in [4.78, 5) is 0. The van der Waals surface area contributed by atoms with E-state index in [0.29, 0.717) is 5.92 Å². The van der Waals surface area contributed by atoms with E-state index in [9.17, 15) is 0 Å². The van der Waals surface area contributed by atoms with Crippen LogP contribution in [0.2, 0.25) is 19.1 Å². The average Bonchev–Trinajstić information content (AvgIpc) is 1.81.